The predicted octanol–water partition coefficient (Wildman–Crippen LogP) is 1.38. The molecule has 1 amide bonds. The highest BCUT2D eigenvalue weighted by Gasteiger charge is 1.82. The van der Waals surface area contributed by atoms with Crippen LogP contribution in [0.15, 0.2) is 0 Å². The van der Waals surface area contributed by atoms with Crippen molar-refractivity contribution in [1.29, 1.82) is 0 Å². The molecule has 2 heteroatoms. The number of rotatable bonds is 3. The quantitative estimate of drug-likeness (QED) is 0.429. The molecule has 0 aliphatic heterocycles. The zero-order chi connectivity index (χ0) is 7.82. The van der Waals surface area contributed by atoms with Gasteiger partial charge in [-0.1, -0.05) is 25.7 Å². The molecule has 0 aliphatic carbocycles. The van der Waals surface area contributed by atoms with Gasteiger partial charge in [0.25, 0.3) is 0 Å². The summed E-state index contributed by atoms with van der Waals surface area (Å²) >= 11 is 0. The zero-order valence-corrected chi connectivity index (χ0v) is 6.24. The Morgan fingerprint density at radius 1 is 1.50 bits per heavy atom. The topological polar surface area (TPSA) is 40.9 Å². The molecule has 0 fully saturated rings. The molecule has 0 aliphatic rings. The van der Waals surface area contributed by atoms with E-state index >= 15 is 0 Å². The minimum atomic E-state index is -0.781. The fraction of sp³-hybridized carbons (Fsp3) is 0.625. The summed E-state index contributed by atoms with van der Waals surface area (Å²) in [6.45, 7) is 2.11. The van der Waals surface area contributed by atoms with Gasteiger partial charge in [-0.3, -0.25) is 10.5 Å². The van der Waals surface area contributed by atoms with Gasteiger partial charge in [-0.15, -0.1) is 0 Å². The highest BCUT2D eigenvalue weighted by atomic mass is 16.1. The molecular formula is C8H12NO. The summed E-state index contributed by atoms with van der Waals surface area (Å²) in [4.78, 5) is 9.97. The molecule has 2 nitrogen and oxygen atoms in total. The molecule has 10 heavy (non-hydrogen) atoms. The summed E-state index contributed by atoms with van der Waals surface area (Å²) in [5.41, 5.74) is 6.45. The van der Waals surface area contributed by atoms with Gasteiger partial charge in [0, 0.05) is 6.42 Å². The summed E-state index contributed by atoms with van der Waals surface area (Å²) < 4.78 is 0. The standard InChI is InChI=1S/C8H12NO/c1-2-3-4-5-6-7-8(9)10/h9H,2-5H2,1H3. The fourth-order valence-corrected chi connectivity index (χ4v) is 0.606. The van der Waals surface area contributed by atoms with E-state index in [2.05, 4.69) is 18.8 Å². The number of nitrogens with one attached hydrogen (secondary N) is 1. The summed E-state index contributed by atoms with van der Waals surface area (Å²) in [5.74, 6) is 4.03. The van der Waals surface area contributed by atoms with Gasteiger partial charge in [0.15, 0.2) is 0 Å². The number of hydrogen-bond acceptors (Lipinski definition) is 1. The van der Waals surface area contributed by atoms with Gasteiger partial charge in [0.1, 0.15) is 0 Å². The molecule has 0 saturated heterocycles. The lowest BCUT2D eigenvalue weighted by Crippen LogP contribution is -1.90. The third kappa shape index (κ3) is 7.03. The van der Waals surface area contributed by atoms with Crippen LogP contribution in [0, 0.1) is 11.8 Å². The highest BCUT2D eigenvalue weighted by Crippen LogP contribution is 1.96. The van der Waals surface area contributed by atoms with Crippen molar-refractivity contribution in [2.24, 2.45) is 0 Å². The molecule has 0 aromatic heterocycles. The lowest BCUT2D eigenvalue weighted by atomic mass is 10.2. The van der Waals surface area contributed by atoms with Crippen LogP contribution in [-0.4, -0.2) is 5.91 Å². The first-order valence-corrected chi connectivity index (χ1v) is 3.51. The maximum atomic E-state index is 9.97. The van der Waals surface area contributed by atoms with Gasteiger partial charge in [-0.05, 0) is 12.3 Å². The number of amides is 1. The lowest BCUT2D eigenvalue weighted by molar-refractivity contribution is -0.113. The Kier molecular flexibility index (Phi) is 5.56. The van der Waals surface area contributed by atoms with Crippen LogP contribution < -0.4 is 5.73 Å². The van der Waals surface area contributed by atoms with Crippen molar-refractivity contribution >= 4 is 5.91 Å². The van der Waals surface area contributed by atoms with Gasteiger partial charge in [-0.25, -0.2) is 0 Å². The fourth-order valence-electron chi connectivity index (χ4n) is 0.606. The molecule has 0 unspecified atom stereocenters. The van der Waals surface area contributed by atoms with E-state index in [0.717, 1.165) is 25.7 Å². The van der Waals surface area contributed by atoms with Crippen molar-refractivity contribution in [1.82, 2.24) is 5.73 Å². The molecule has 0 atom stereocenters. The smallest absolute Gasteiger partial charge is 0.258 e. The van der Waals surface area contributed by atoms with E-state index in [1.807, 2.05) is 0 Å². The van der Waals surface area contributed by atoms with Crippen molar-refractivity contribution in [2.75, 3.05) is 0 Å². The SMILES string of the molecule is CCCCCC#CC([NH])=O. The van der Waals surface area contributed by atoms with Crippen LogP contribution in [0.1, 0.15) is 32.6 Å². The Bertz CT molecular complexity index is 152. The van der Waals surface area contributed by atoms with Crippen molar-refractivity contribution in [3.8, 4) is 11.8 Å². The molecule has 55 valence electrons. The number of carbonyl (C=O) groups excluding carboxylic acids is 1. The first-order chi connectivity index (χ1) is 4.77. The first kappa shape index (κ1) is 9.03. The molecule has 0 saturated carbocycles. The second-order valence-corrected chi connectivity index (χ2v) is 2.09. The Labute approximate surface area is 61.8 Å². The van der Waals surface area contributed by atoms with Crippen molar-refractivity contribution < 1.29 is 4.79 Å². The molecule has 0 rings (SSSR count). The normalized spacial score (nSPS) is 8.10. The minimum Gasteiger partial charge on any atom is -0.258 e. The molecular weight excluding hydrogens is 126 g/mol. The van der Waals surface area contributed by atoms with Crippen molar-refractivity contribution in [2.45, 2.75) is 32.6 Å². The molecule has 0 aromatic rings. The average Bonchev–Trinajstić information content (AvgIpc) is 1.87. The summed E-state index contributed by atoms with van der Waals surface area (Å²) in [6.07, 6.45) is 4.10. The van der Waals surface area contributed by atoms with Crippen LogP contribution >= 0.6 is 0 Å². The molecule has 1 radical (unpaired) electrons. The Morgan fingerprint density at radius 2 is 2.20 bits per heavy atom. The third-order valence-electron chi connectivity index (χ3n) is 1.11. The van der Waals surface area contributed by atoms with E-state index < -0.39 is 5.91 Å². The van der Waals surface area contributed by atoms with Crippen molar-refractivity contribution in [3.63, 3.8) is 0 Å². The lowest BCUT2D eigenvalue weighted by Gasteiger charge is -1.87. The second-order valence-electron chi connectivity index (χ2n) is 2.09. The zero-order valence-electron chi connectivity index (χ0n) is 6.24. The van der Waals surface area contributed by atoms with Crippen LogP contribution in [0.25, 0.3) is 0 Å². The predicted molar refractivity (Wildman–Crippen MR) is 40.0 cm³/mol. The summed E-state index contributed by atoms with van der Waals surface area (Å²) in [7, 11) is 0. The van der Waals surface area contributed by atoms with Crippen LogP contribution in [0.2, 0.25) is 0 Å². The molecule has 0 heterocycles. The molecule has 1 N–H and O–H groups in total. The Morgan fingerprint density at radius 3 is 2.70 bits per heavy atom. The largest absolute Gasteiger partial charge is 0.314 e. The number of hydrogen-bond donors (Lipinski definition) is 0. The Balaban J connectivity index is 3.20. The second kappa shape index (κ2) is 6.15. The maximum absolute atomic E-state index is 9.97. The van der Waals surface area contributed by atoms with E-state index in [1.54, 1.807) is 0 Å². The van der Waals surface area contributed by atoms with Gasteiger partial charge in [0.05, 0.1) is 0 Å². The van der Waals surface area contributed by atoms with E-state index in [1.165, 1.54) is 0 Å². The van der Waals surface area contributed by atoms with Crippen molar-refractivity contribution in [3.05, 3.63) is 0 Å². The Hall–Kier alpha value is -0.970. The molecule has 0 bridgehead atoms. The van der Waals surface area contributed by atoms with Gasteiger partial charge >= 0.3 is 5.91 Å². The van der Waals surface area contributed by atoms with Crippen LogP contribution in [0.3, 0.4) is 0 Å². The van der Waals surface area contributed by atoms with Crippen LogP contribution in [0.5, 0.6) is 0 Å². The van der Waals surface area contributed by atoms with Gasteiger partial charge in [0.2, 0.25) is 0 Å². The van der Waals surface area contributed by atoms with Crippen LogP contribution in [0.4, 0.5) is 0 Å². The molecule has 0 aromatic carbocycles. The minimum absolute atomic E-state index is 0.748. The highest BCUT2D eigenvalue weighted by molar-refractivity contribution is 5.91. The molecule has 0 spiro atoms. The third-order valence-corrected chi connectivity index (χ3v) is 1.11. The van der Waals surface area contributed by atoms with Gasteiger partial charge < -0.3 is 0 Å². The number of carbonyl (C=O) groups is 1. The van der Waals surface area contributed by atoms with E-state index in [4.69, 9.17) is 5.73 Å². The average molecular weight is 138 g/mol. The van der Waals surface area contributed by atoms with E-state index in [9.17, 15) is 4.79 Å². The summed E-state index contributed by atoms with van der Waals surface area (Å²) in [6, 6.07) is 0. The van der Waals surface area contributed by atoms with Gasteiger partial charge in [-0.2, -0.15) is 0 Å². The number of unbranched alkanes of at least 4 members (excludes halogenated alkanes) is 3. The maximum Gasteiger partial charge on any atom is 0.314 e. The first-order valence-electron chi connectivity index (χ1n) is 3.51. The van der Waals surface area contributed by atoms with E-state index in [0.29, 0.717) is 0 Å². The van der Waals surface area contributed by atoms with E-state index in [-0.39, 0.29) is 0 Å². The monoisotopic (exact) mass is 138 g/mol. The van der Waals surface area contributed by atoms with Crippen LogP contribution in [-0.2, 0) is 4.79 Å². The summed E-state index contributed by atoms with van der Waals surface area (Å²) in [5, 5.41) is 0.